The monoisotopic (exact) mass is 336 g/mol. The summed E-state index contributed by atoms with van der Waals surface area (Å²) in [5.74, 6) is -0.718. The third kappa shape index (κ3) is 1.58. The Morgan fingerprint density at radius 1 is 1.12 bits per heavy atom. The molecule has 0 heterocycles. The molecule has 2 unspecified atom stereocenters. The van der Waals surface area contributed by atoms with Crippen LogP contribution in [-0.2, 0) is 4.79 Å². The maximum absolute atomic E-state index is 13.1. The summed E-state index contributed by atoms with van der Waals surface area (Å²) in [6.45, 7) is 5.78. The van der Waals surface area contributed by atoms with Gasteiger partial charge in [0.1, 0.15) is 0 Å². The Labute approximate surface area is 142 Å². The summed E-state index contributed by atoms with van der Waals surface area (Å²) in [5.41, 5.74) is -1.70. The van der Waals surface area contributed by atoms with Gasteiger partial charge in [-0.3, -0.25) is 4.79 Å². The first-order valence-electron chi connectivity index (χ1n) is 9.22. The van der Waals surface area contributed by atoms with Crippen LogP contribution in [0.15, 0.2) is 12.2 Å². The molecule has 0 radical (unpaired) electrons. The van der Waals surface area contributed by atoms with Crippen LogP contribution in [0.1, 0.15) is 39.0 Å². The van der Waals surface area contributed by atoms with E-state index in [0.717, 1.165) is 6.42 Å². The first-order chi connectivity index (χ1) is 11.3. The fraction of sp³-hybridized carbons (Fsp3) is 0.842. The molecular formula is C19H28O5. The summed E-state index contributed by atoms with van der Waals surface area (Å²) < 4.78 is 0. The van der Waals surface area contributed by atoms with E-state index in [4.69, 9.17) is 0 Å². The van der Waals surface area contributed by atoms with Gasteiger partial charge in [-0.25, -0.2) is 0 Å². The zero-order chi connectivity index (χ0) is 17.4. The molecule has 0 aliphatic heterocycles. The molecule has 9 atom stereocenters. The van der Waals surface area contributed by atoms with Crippen LogP contribution in [0.3, 0.4) is 0 Å². The molecule has 0 aromatic heterocycles. The van der Waals surface area contributed by atoms with Gasteiger partial charge in [0.15, 0.2) is 5.78 Å². The van der Waals surface area contributed by atoms with Gasteiger partial charge >= 0.3 is 0 Å². The summed E-state index contributed by atoms with van der Waals surface area (Å²) in [6.07, 6.45) is 0.442. The number of carbonyl (C=O) groups excluding carboxylic acids is 1. The van der Waals surface area contributed by atoms with E-state index in [2.05, 4.69) is 13.5 Å². The van der Waals surface area contributed by atoms with Crippen LogP contribution in [0.2, 0.25) is 0 Å². The van der Waals surface area contributed by atoms with Crippen LogP contribution < -0.4 is 0 Å². The van der Waals surface area contributed by atoms with Crippen molar-refractivity contribution in [1.82, 2.24) is 0 Å². The third-order valence-corrected chi connectivity index (χ3v) is 8.19. The molecule has 4 aliphatic rings. The first kappa shape index (κ1) is 16.7. The molecule has 0 aromatic carbocycles. The highest BCUT2D eigenvalue weighted by Crippen LogP contribution is 2.69. The van der Waals surface area contributed by atoms with Crippen molar-refractivity contribution in [3.8, 4) is 0 Å². The number of Topliss-reactive ketones (excluding diaryl/α,β-unsaturated/α-hetero) is 1. The molecule has 0 aromatic rings. The standard InChI is InChI=1S/C19H28O5/c1-9-3-6-14(21)18(8-20)12(9)7-15(22)19-13(18)5-4-11(17(19)24)10(2)16(19)23/h9,11-15,17,20-22,24H,2-8H2,1H3/t9?,11-,12-,13+,14+,15-,17?,18-,19+/m1/s1. The fourth-order valence-electron chi connectivity index (χ4n) is 7.06. The average molecular weight is 336 g/mol. The minimum atomic E-state index is -1.29. The fourth-order valence-corrected chi connectivity index (χ4v) is 7.06. The van der Waals surface area contributed by atoms with E-state index < -0.39 is 35.1 Å². The number of hydrogen-bond acceptors (Lipinski definition) is 5. The van der Waals surface area contributed by atoms with Gasteiger partial charge in [0, 0.05) is 11.3 Å². The second-order valence-corrected chi connectivity index (χ2v) is 8.67. The second kappa shape index (κ2) is 5.13. The van der Waals surface area contributed by atoms with Crippen molar-refractivity contribution in [3.05, 3.63) is 12.2 Å². The van der Waals surface area contributed by atoms with Gasteiger partial charge in [0.25, 0.3) is 0 Å². The lowest BCUT2D eigenvalue weighted by Crippen LogP contribution is -2.70. The predicted octanol–water partition coefficient (Wildman–Crippen LogP) is 0.649. The smallest absolute Gasteiger partial charge is 0.170 e. The van der Waals surface area contributed by atoms with E-state index in [1.165, 1.54) is 0 Å². The molecule has 4 rings (SSSR count). The van der Waals surface area contributed by atoms with Gasteiger partial charge in [0.05, 0.1) is 30.3 Å². The van der Waals surface area contributed by atoms with E-state index in [9.17, 15) is 25.2 Å². The third-order valence-electron chi connectivity index (χ3n) is 8.19. The second-order valence-electron chi connectivity index (χ2n) is 8.67. The Morgan fingerprint density at radius 3 is 2.50 bits per heavy atom. The van der Waals surface area contributed by atoms with Gasteiger partial charge in [-0.2, -0.15) is 0 Å². The van der Waals surface area contributed by atoms with Crippen molar-refractivity contribution in [2.45, 2.75) is 57.3 Å². The zero-order valence-electron chi connectivity index (χ0n) is 14.2. The Morgan fingerprint density at radius 2 is 1.83 bits per heavy atom. The lowest BCUT2D eigenvalue weighted by Gasteiger charge is -2.64. The van der Waals surface area contributed by atoms with Crippen LogP contribution in [0.4, 0.5) is 0 Å². The van der Waals surface area contributed by atoms with Gasteiger partial charge < -0.3 is 20.4 Å². The molecule has 134 valence electrons. The van der Waals surface area contributed by atoms with Crippen molar-refractivity contribution in [2.75, 3.05) is 6.61 Å². The molecule has 4 fully saturated rings. The molecule has 24 heavy (non-hydrogen) atoms. The zero-order valence-corrected chi connectivity index (χ0v) is 14.2. The summed E-state index contributed by atoms with van der Waals surface area (Å²) in [6, 6.07) is 0. The molecule has 4 N–H and O–H groups in total. The predicted molar refractivity (Wildman–Crippen MR) is 86.8 cm³/mol. The van der Waals surface area contributed by atoms with Crippen LogP contribution in [0, 0.1) is 34.5 Å². The quantitative estimate of drug-likeness (QED) is 0.527. The van der Waals surface area contributed by atoms with Gasteiger partial charge in [0.2, 0.25) is 0 Å². The number of rotatable bonds is 1. The van der Waals surface area contributed by atoms with Crippen molar-refractivity contribution in [2.24, 2.45) is 34.5 Å². The minimum absolute atomic E-state index is 0.0395. The van der Waals surface area contributed by atoms with Gasteiger partial charge in [-0.15, -0.1) is 0 Å². The lowest BCUT2D eigenvalue weighted by atomic mass is 9.41. The van der Waals surface area contributed by atoms with Gasteiger partial charge in [-0.05, 0) is 55.4 Å². The SMILES string of the molecule is C=C1C(=O)[C@]23C(O)[C@@H]1CC[C@H]2[C@@]1(CO)[C@H](C[C@H]3O)C(C)CC[C@@H]1O. The summed E-state index contributed by atoms with van der Waals surface area (Å²) in [4.78, 5) is 13.1. The summed E-state index contributed by atoms with van der Waals surface area (Å²) in [5, 5.41) is 43.3. The Bertz CT molecular complexity index is 588. The van der Waals surface area contributed by atoms with Crippen molar-refractivity contribution < 1.29 is 25.2 Å². The average Bonchev–Trinajstić information content (AvgIpc) is 2.68. The number of ketones is 1. The van der Waals surface area contributed by atoms with Crippen molar-refractivity contribution in [3.63, 3.8) is 0 Å². The molecule has 0 saturated heterocycles. The highest BCUT2D eigenvalue weighted by atomic mass is 16.3. The Kier molecular flexibility index (Phi) is 3.57. The molecule has 5 heteroatoms. The maximum Gasteiger partial charge on any atom is 0.170 e. The van der Waals surface area contributed by atoms with Crippen molar-refractivity contribution >= 4 is 5.78 Å². The number of fused-ring (bicyclic) bond motifs is 3. The summed E-state index contributed by atoms with van der Waals surface area (Å²) >= 11 is 0. The number of carbonyl (C=O) groups is 1. The minimum Gasteiger partial charge on any atom is -0.396 e. The van der Waals surface area contributed by atoms with Crippen LogP contribution in [0.5, 0.6) is 0 Å². The van der Waals surface area contributed by atoms with Crippen LogP contribution in [0.25, 0.3) is 0 Å². The topological polar surface area (TPSA) is 98.0 Å². The molecule has 0 amide bonds. The molecule has 4 saturated carbocycles. The molecule has 4 aliphatic carbocycles. The highest BCUT2D eigenvalue weighted by molar-refractivity contribution is 6.04. The van der Waals surface area contributed by atoms with E-state index >= 15 is 0 Å². The van der Waals surface area contributed by atoms with E-state index in [0.29, 0.717) is 31.3 Å². The Hall–Kier alpha value is -0.750. The van der Waals surface area contributed by atoms with E-state index in [1.807, 2.05) is 0 Å². The number of aliphatic hydroxyl groups excluding tert-OH is 4. The van der Waals surface area contributed by atoms with E-state index in [1.54, 1.807) is 0 Å². The van der Waals surface area contributed by atoms with Crippen LogP contribution >= 0.6 is 0 Å². The highest BCUT2D eigenvalue weighted by Gasteiger charge is 2.75. The molecule has 1 spiro atoms. The summed E-state index contributed by atoms with van der Waals surface area (Å²) in [7, 11) is 0. The maximum atomic E-state index is 13.1. The molecule has 2 bridgehead atoms. The van der Waals surface area contributed by atoms with Crippen LogP contribution in [-0.4, -0.2) is 51.1 Å². The Balaban J connectivity index is 1.92. The number of hydrogen-bond donors (Lipinski definition) is 4. The molecule has 5 nitrogen and oxygen atoms in total. The number of aliphatic hydroxyl groups is 4. The van der Waals surface area contributed by atoms with Crippen molar-refractivity contribution in [1.29, 1.82) is 0 Å². The largest absolute Gasteiger partial charge is 0.396 e. The van der Waals surface area contributed by atoms with Gasteiger partial charge in [-0.1, -0.05) is 13.5 Å². The van der Waals surface area contributed by atoms with E-state index in [-0.39, 0.29) is 30.1 Å². The lowest BCUT2D eigenvalue weighted by molar-refractivity contribution is -0.255. The normalized spacial score (nSPS) is 56.8. The first-order valence-corrected chi connectivity index (χ1v) is 9.22. The molecular weight excluding hydrogens is 308 g/mol.